The molecule has 0 aliphatic heterocycles. The van der Waals surface area contributed by atoms with E-state index >= 15 is 0 Å². The lowest BCUT2D eigenvalue weighted by Gasteiger charge is -2.03. The molecule has 0 unspecified atom stereocenters. The fraction of sp³-hybridized carbons (Fsp3) is 0.0833. The number of rotatable bonds is 4. The summed E-state index contributed by atoms with van der Waals surface area (Å²) in [5, 5.41) is 0. The SMILES string of the molecule is C=C(O/C=C/C(=O)OC)c1ccccc1. The van der Waals surface area contributed by atoms with Crippen molar-refractivity contribution in [3.05, 3.63) is 54.8 Å². The average Bonchev–Trinajstić information content (AvgIpc) is 2.29. The number of ether oxygens (including phenoxy) is 2. The van der Waals surface area contributed by atoms with Gasteiger partial charge in [0.1, 0.15) is 5.76 Å². The zero-order chi connectivity index (χ0) is 11.1. The number of hydrogen-bond acceptors (Lipinski definition) is 3. The zero-order valence-electron chi connectivity index (χ0n) is 8.47. The normalized spacial score (nSPS) is 9.93. The Hall–Kier alpha value is -2.03. The van der Waals surface area contributed by atoms with Crippen LogP contribution in [0.1, 0.15) is 5.56 Å². The van der Waals surface area contributed by atoms with Gasteiger partial charge in [0.2, 0.25) is 0 Å². The van der Waals surface area contributed by atoms with Crippen molar-refractivity contribution in [2.45, 2.75) is 0 Å². The van der Waals surface area contributed by atoms with Crippen LogP contribution >= 0.6 is 0 Å². The molecule has 0 atom stereocenters. The molecule has 1 aromatic carbocycles. The lowest BCUT2D eigenvalue weighted by molar-refractivity contribution is -0.134. The monoisotopic (exact) mass is 204 g/mol. The van der Waals surface area contributed by atoms with E-state index in [1.165, 1.54) is 19.4 Å². The number of methoxy groups -OCH3 is 1. The second-order valence-corrected chi connectivity index (χ2v) is 2.73. The maximum atomic E-state index is 10.7. The van der Waals surface area contributed by atoms with Crippen molar-refractivity contribution in [3.63, 3.8) is 0 Å². The van der Waals surface area contributed by atoms with Crippen molar-refractivity contribution in [2.24, 2.45) is 0 Å². The molecule has 0 spiro atoms. The van der Waals surface area contributed by atoms with Crippen molar-refractivity contribution in [1.82, 2.24) is 0 Å². The van der Waals surface area contributed by atoms with Gasteiger partial charge in [0.15, 0.2) is 0 Å². The quantitative estimate of drug-likeness (QED) is 0.429. The summed E-state index contributed by atoms with van der Waals surface area (Å²) in [6.45, 7) is 3.72. The standard InChI is InChI=1S/C12H12O3/c1-10(11-6-4-3-5-7-11)15-9-8-12(13)14-2/h3-9H,1H2,2H3/b9-8+. The van der Waals surface area contributed by atoms with Crippen LogP contribution in [0.2, 0.25) is 0 Å². The third-order valence-corrected chi connectivity index (χ3v) is 1.71. The largest absolute Gasteiger partial charge is 0.466 e. The lowest BCUT2D eigenvalue weighted by Crippen LogP contribution is -1.94. The molecule has 78 valence electrons. The van der Waals surface area contributed by atoms with Crippen LogP contribution in [-0.2, 0) is 14.3 Å². The summed E-state index contributed by atoms with van der Waals surface area (Å²) in [6.07, 6.45) is 2.44. The molecule has 0 saturated heterocycles. The third kappa shape index (κ3) is 3.68. The maximum absolute atomic E-state index is 10.7. The molecule has 0 aliphatic carbocycles. The van der Waals surface area contributed by atoms with Gasteiger partial charge in [-0.25, -0.2) is 4.79 Å². The van der Waals surface area contributed by atoms with Gasteiger partial charge >= 0.3 is 5.97 Å². The number of carbonyl (C=O) groups is 1. The topological polar surface area (TPSA) is 35.5 Å². The van der Waals surface area contributed by atoms with E-state index in [9.17, 15) is 4.79 Å². The van der Waals surface area contributed by atoms with E-state index < -0.39 is 5.97 Å². The van der Waals surface area contributed by atoms with Crippen LogP contribution in [0.4, 0.5) is 0 Å². The van der Waals surface area contributed by atoms with Gasteiger partial charge in [0.05, 0.1) is 19.4 Å². The Morgan fingerprint density at radius 1 is 1.33 bits per heavy atom. The minimum atomic E-state index is -0.462. The van der Waals surface area contributed by atoms with E-state index in [0.29, 0.717) is 5.76 Å². The first-order chi connectivity index (χ1) is 7.24. The van der Waals surface area contributed by atoms with Gasteiger partial charge in [-0.1, -0.05) is 36.9 Å². The van der Waals surface area contributed by atoms with Gasteiger partial charge in [-0.2, -0.15) is 0 Å². The third-order valence-electron chi connectivity index (χ3n) is 1.71. The van der Waals surface area contributed by atoms with Crippen LogP contribution in [0.25, 0.3) is 5.76 Å². The molecule has 0 radical (unpaired) electrons. The molecule has 0 aliphatic rings. The first-order valence-corrected chi connectivity index (χ1v) is 4.39. The Bertz CT molecular complexity index is 366. The van der Waals surface area contributed by atoms with Crippen LogP contribution in [0.5, 0.6) is 0 Å². The molecule has 0 fully saturated rings. The van der Waals surface area contributed by atoms with Crippen LogP contribution in [0.15, 0.2) is 49.2 Å². The number of benzene rings is 1. The predicted molar refractivity (Wildman–Crippen MR) is 57.7 cm³/mol. The predicted octanol–water partition coefficient (Wildman–Crippen LogP) is 2.36. The number of carbonyl (C=O) groups excluding carboxylic acids is 1. The van der Waals surface area contributed by atoms with Gasteiger partial charge in [0, 0.05) is 5.56 Å². The molecule has 1 aromatic rings. The fourth-order valence-electron chi connectivity index (χ4n) is 0.932. The Balaban J connectivity index is 2.51. The van der Waals surface area contributed by atoms with Gasteiger partial charge < -0.3 is 9.47 Å². The van der Waals surface area contributed by atoms with Crippen molar-refractivity contribution >= 4 is 11.7 Å². The molecule has 0 bridgehead atoms. The van der Waals surface area contributed by atoms with E-state index in [1.807, 2.05) is 30.3 Å². The van der Waals surface area contributed by atoms with Crippen LogP contribution in [0.3, 0.4) is 0 Å². The summed E-state index contributed by atoms with van der Waals surface area (Å²) in [7, 11) is 1.30. The zero-order valence-corrected chi connectivity index (χ0v) is 8.47. The van der Waals surface area contributed by atoms with E-state index in [-0.39, 0.29) is 0 Å². The van der Waals surface area contributed by atoms with Crippen molar-refractivity contribution in [3.8, 4) is 0 Å². The molecular formula is C12H12O3. The first-order valence-electron chi connectivity index (χ1n) is 4.39. The summed E-state index contributed by atoms with van der Waals surface area (Å²) in [5.41, 5.74) is 0.868. The van der Waals surface area contributed by atoms with E-state index in [0.717, 1.165) is 5.56 Å². The highest BCUT2D eigenvalue weighted by Crippen LogP contribution is 2.12. The van der Waals surface area contributed by atoms with Gasteiger partial charge in [-0.15, -0.1) is 0 Å². The summed E-state index contributed by atoms with van der Waals surface area (Å²) in [4.78, 5) is 10.7. The lowest BCUT2D eigenvalue weighted by atomic mass is 10.2. The average molecular weight is 204 g/mol. The molecule has 0 N–H and O–H groups in total. The summed E-state index contributed by atoms with van der Waals surface area (Å²) >= 11 is 0. The van der Waals surface area contributed by atoms with Gasteiger partial charge in [-0.3, -0.25) is 0 Å². The fourth-order valence-corrected chi connectivity index (χ4v) is 0.932. The molecule has 0 saturated carbocycles. The first kappa shape index (κ1) is 11.0. The number of esters is 1. The highest BCUT2D eigenvalue weighted by atomic mass is 16.5. The van der Waals surface area contributed by atoms with Crippen LogP contribution < -0.4 is 0 Å². The second kappa shape index (κ2) is 5.65. The summed E-state index contributed by atoms with van der Waals surface area (Å²) < 4.78 is 9.53. The molecule has 0 aromatic heterocycles. The molecule has 0 heterocycles. The van der Waals surface area contributed by atoms with Crippen LogP contribution in [-0.4, -0.2) is 13.1 Å². The minimum Gasteiger partial charge on any atom is -0.466 e. The minimum absolute atomic E-state index is 0.462. The van der Waals surface area contributed by atoms with Crippen molar-refractivity contribution < 1.29 is 14.3 Å². The number of hydrogen-bond donors (Lipinski definition) is 0. The molecule has 1 rings (SSSR count). The smallest absolute Gasteiger partial charge is 0.333 e. The van der Waals surface area contributed by atoms with E-state index in [2.05, 4.69) is 11.3 Å². The van der Waals surface area contributed by atoms with Crippen LogP contribution in [0, 0.1) is 0 Å². The molecular weight excluding hydrogens is 192 g/mol. The van der Waals surface area contributed by atoms with Gasteiger partial charge in [-0.05, 0) is 0 Å². The molecule has 0 amide bonds. The summed E-state index contributed by atoms with van der Waals surface area (Å²) in [6, 6.07) is 9.41. The summed E-state index contributed by atoms with van der Waals surface area (Å²) in [5.74, 6) is 0.0200. The molecule has 3 nitrogen and oxygen atoms in total. The Morgan fingerprint density at radius 3 is 2.60 bits per heavy atom. The van der Waals surface area contributed by atoms with Crippen molar-refractivity contribution in [1.29, 1.82) is 0 Å². The molecule has 15 heavy (non-hydrogen) atoms. The van der Waals surface area contributed by atoms with Gasteiger partial charge in [0.25, 0.3) is 0 Å². The van der Waals surface area contributed by atoms with Crippen molar-refractivity contribution in [2.75, 3.05) is 7.11 Å². The maximum Gasteiger partial charge on any atom is 0.333 e. The Labute approximate surface area is 88.6 Å². The highest BCUT2D eigenvalue weighted by Gasteiger charge is 1.96. The Morgan fingerprint density at radius 2 is 2.00 bits per heavy atom. The Kier molecular flexibility index (Phi) is 4.16. The molecule has 3 heteroatoms. The van der Waals surface area contributed by atoms with E-state index in [1.54, 1.807) is 0 Å². The van der Waals surface area contributed by atoms with E-state index in [4.69, 9.17) is 4.74 Å². The second-order valence-electron chi connectivity index (χ2n) is 2.73. The highest BCUT2D eigenvalue weighted by molar-refractivity contribution is 5.81.